The van der Waals surface area contributed by atoms with E-state index in [0.29, 0.717) is 6.54 Å². The summed E-state index contributed by atoms with van der Waals surface area (Å²) in [5.74, 6) is -0.611. The molecule has 7 nitrogen and oxygen atoms in total. The summed E-state index contributed by atoms with van der Waals surface area (Å²) in [6.07, 6.45) is 2.93. The lowest BCUT2D eigenvalue weighted by Crippen LogP contribution is -2.47. The van der Waals surface area contributed by atoms with Crippen molar-refractivity contribution in [1.82, 2.24) is 15.5 Å². The molecular formula is C12H21N3O4. The van der Waals surface area contributed by atoms with Gasteiger partial charge in [0.05, 0.1) is 7.11 Å². The Kier molecular flexibility index (Phi) is 6.27. The van der Waals surface area contributed by atoms with Gasteiger partial charge in [0.15, 0.2) is 0 Å². The highest BCUT2D eigenvalue weighted by atomic mass is 16.5. The van der Waals surface area contributed by atoms with E-state index < -0.39 is 6.03 Å². The number of hydrogen-bond acceptors (Lipinski definition) is 5. The molecule has 7 heteroatoms. The number of nitrogens with zero attached hydrogens (tertiary/aromatic N) is 1. The fraction of sp³-hybridized carbons (Fsp3) is 0.750. The number of nitrogens with one attached hydrogen (secondary N) is 2. The first-order valence-electron chi connectivity index (χ1n) is 6.42. The lowest BCUT2D eigenvalue weighted by Gasteiger charge is -2.33. The van der Waals surface area contributed by atoms with Gasteiger partial charge < -0.3 is 10.1 Å². The van der Waals surface area contributed by atoms with Gasteiger partial charge in [0.2, 0.25) is 5.91 Å². The van der Waals surface area contributed by atoms with Crippen molar-refractivity contribution < 1.29 is 19.1 Å². The molecule has 1 saturated heterocycles. The van der Waals surface area contributed by atoms with E-state index in [-0.39, 0.29) is 24.3 Å². The van der Waals surface area contributed by atoms with Gasteiger partial charge in [-0.1, -0.05) is 6.42 Å². The number of hydrogen-bond donors (Lipinski definition) is 2. The number of rotatable bonds is 4. The molecule has 0 saturated carbocycles. The summed E-state index contributed by atoms with van der Waals surface area (Å²) in [7, 11) is 2.81. The Balaban J connectivity index is 2.42. The third kappa shape index (κ3) is 4.86. The molecule has 1 aliphatic heterocycles. The molecule has 0 aromatic carbocycles. The Morgan fingerprint density at radius 2 is 2.05 bits per heavy atom. The summed E-state index contributed by atoms with van der Waals surface area (Å²) in [6.45, 7) is 1.22. The number of imide groups is 1. The van der Waals surface area contributed by atoms with Crippen molar-refractivity contribution in [2.45, 2.75) is 31.7 Å². The number of methoxy groups -OCH3 is 1. The Bertz CT molecular complexity index is 346. The number of esters is 1. The average molecular weight is 271 g/mol. The standard InChI is InChI=1S/C12H21N3O4/c1-13-12(18)14-10(16)6-8-15-7-4-3-5-9(15)11(17)19-2/h9H,3-8H2,1-2H3,(H2,13,14,16,18)/t9-/m1/s1. The molecule has 2 N–H and O–H groups in total. The van der Waals surface area contributed by atoms with Crippen LogP contribution in [0.15, 0.2) is 0 Å². The number of piperidine rings is 1. The molecule has 0 unspecified atom stereocenters. The minimum absolute atomic E-state index is 0.181. The Hall–Kier alpha value is -1.63. The summed E-state index contributed by atoms with van der Waals surface area (Å²) >= 11 is 0. The molecule has 0 aromatic rings. The van der Waals surface area contributed by atoms with E-state index >= 15 is 0 Å². The van der Waals surface area contributed by atoms with Crippen molar-refractivity contribution in [2.75, 3.05) is 27.2 Å². The smallest absolute Gasteiger partial charge is 0.323 e. The first kappa shape index (κ1) is 15.4. The van der Waals surface area contributed by atoms with E-state index in [1.54, 1.807) is 0 Å². The van der Waals surface area contributed by atoms with Crippen LogP contribution >= 0.6 is 0 Å². The number of amides is 3. The number of urea groups is 1. The maximum absolute atomic E-state index is 11.6. The molecule has 1 fully saturated rings. The molecule has 1 heterocycles. The van der Waals surface area contributed by atoms with Crippen LogP contribution in [0.1, 0.15) is 25.7 Å². The van der Waals surface area contributed by atoms with Gasteiger partial charge >= 0.3 is 12.0 Å². The number of ether oxygens (including phenoxy) is 1. The van der Waals surface area contributed by atoms with E-state index in [1.807, 2.05) is 4.90 Å². The second-order valence-corrected chi connectivity index (χ2v) is 4.45. The van der Waals surface area contributed by atoms with Gasteiger partial charge in [0.25, 0.3) is 0 Å². The average Bonchev–Trinajstić information content (AvgIpc) is 2.44. The summed E-state index contributed by atoms with van der Waals surface area (Å²) in [5, 5.41) is 4.51. The van der Waals surface area contributed by atoms with E-state index in [0.717, 1.165) is 25.8 Å². The molecule has 0 bridgehead atoms. The number of likely N-dealkylation sites (tertiary alicyclic amines) is 1. The molecule has 0 spiro atoms. The second kappa shape index (κ2) is 7.73. The van der Waals surface area contributed by atoms with Crippen molar-refractivity contribution >= 4 is 17.9 Å². The fourth-order valence-corrected chi connectivity index (χ4v) is 2.16. The lowest BCUT2D eigenvalue weighted by atomic mass is 10.0. The van der Waals surface area contributed by atoms with Crippen LogP contribution in [0.3, 0.4) is 0 Å². The van der Waals surface area contributed by atoms with Crippen molar-refractivity contribution in [3.05, 3.63) is 0 Å². The maximum Gasteiger partial charge on any atom is 0.323 e. The van der Waals surface area contributed by atoms with E-state index in [1.165, 1.54) is 14.2 Å². The summed E-state index contributed by atoms with van der Waals surface area (Å²) in [5.41, 5.74) is 0. The molecule has 19 heavy (non-hydrogen) atoms. The van der Waals surface area contributed by atoms with Crippen LogP contribution in [0.25, 0.3) is 0 Å². The van der Waals surface area contributed by atoms with Gasteiger partial charge in [-0.3, -0.25) is 19.8 Å². The molecule has 3 amide bonds. The molecule has 108 valence electrons. The second-order valence-electron chi connectivity index (χ2n) is 4.45. The van der Waals surface area contributed by atoms with E-state index in [2.05, 4.69) is 10.6 Å². The summed E-state index contributed by atoms with van der Waals surface area (Å²) in [4.78, 5) is 36.0. The highest BCUT2D eigenvalue weighted by molar-refractivity contribution is 5.94. The van der Waals surface area contributed by atoms with Gasteiger partial charge in [-0.15, -0.1) is 0 Å². The molecule has 0 radical (unpaired) electrons. The summed E-state index contributed by atoms with van der Waals surface area (Å²) in [6, 6.07) is -0.792. The highest BCUT2D eigenvalue weighted by Crippen LogP contribution is 2.18. The van der Waals surface area contributed by atoms with Crippen LogP contribution in [-0.4, -0.2) is 56.1 Å². The van der Waals surface area contributed by atoms with Gasteiger partial charge in [-0.05, 0) is 19.4 Å². The normalized spacial score (nSPS) is 19.6. The zero-order chi connectivity index (χ0) is 14.3. The van der Waals surface area contributed by atoms with Gasteiger partial charge in [0.1, 0.15) is 6.04 Å². The van der Waals surface area contributed by atoms with Crippen molar-refractivity contribution in [3.63, 3.8) is 0 Å². The molecule has 0 aromatic heterocycles. The first-order chi connectivity index (χ1) is 9.08. The number of carbonyl (C=O) groups is 3. The Labute approximate surface area is 112 Å². The molecular weight excluding hydrogens is 250 g/mol. The molecule has 1 atom stereocenters. The van der Waals surface area contributed by atoms with Crippen LogP contribution < -0.4 is 10.6 Å². The Morgan fingerprint density at radius 3 is 2.68 bits per heavy atom. The fourth-order valence-electron chi connectivity index (χ4n) is 2.16. The van der Waals surface area contributed by atoms with E-state index in [9.17, 15) is 14.4 Å². The van der Waals surface area contributed by atoms with Crippen LogP contribution in [0.5, 0.6) is 0 Å². The minimum Gasteiger partial charge on any atom is -0.468 e. The van der Waals surface area contributed by atoms with Crippen LogP contribution in [0.4, 0.5) is 4.79 Å². The van der Waals surface area contributed by atoms with Crippen molar-refractivity contribution in [2.24, 2.45) is 0 Å². The first-order valence-corrected chi connectivity index (χ1v) is 6.42. The van der Waals surface area contributed by atoms with Gasteiger partial charge in [-0.25, -0.2) is 4.79 Å². The largest absolute Gasteiger partial charge is 0.468 e. The molecule has 1 aliphatic rings. The zero-order valence-electron chi connectivity index (χ0n) is 11.4. The van der Waals surface area contributed by atoms with Crippen LogP contribution in [0, 0.1) is 0 Å². The maximum atomic E-state index is 11.6. The minimum atomic E-state index is -0.520. The predicted octanol–water partition coefficient (Wildman–Crippen LogP) is -0.140. The number of carbonyl (C=O) groups excluding carboxylic acids is 3. The van der Waals surface area contributed by atoms with Crippen LogP contribution in [0.2, 0.25) is 0 Å². The van der Waals surface area contributed by atoms with E-state index in [4.69, 9.17) is 4.74 Å². The summed E-state index contributed by atoms with van der Waals surface area (Å²) < 4.78 is 4.76. The highest BCUT2D eigenvalue weighted by Gasteiger charge is 2.29. The van der Waals surface area contributed by atoms with Crippen molar-refractivity contribution in [1.29, 1.82) is 0 Å². The topological polar surface area (TPSA) is 87.7 Å². The SMILES string of the molecule is CNC(=O)NC(=O)CCN1CCCC[C@@H]1C(=O)OC. The van der Waals surface area contributed by atoms with Crippen LogP contribution in [-0.2, 0) is 14.3 Å². The molecule has 0 aliphatic carbocycles. The quantitative estimate of drug-likeness (QED) is 0.695. The third-order valence-corrected chi connectivity index (χ3v) is 3.19. The van der Waals surface area contributed by atoms with Crippen molar-refractivity contribution in [3.8, 4) is 0 Å². The van der Waals surface area contributed by atoms with Gasteiger partial charge in [0, 0.05) is 20.0 Å². The molecule has 1 rings (SSSR count). The Morgan fingerprint density at radius 1 is 1.32 bits per heavy atom. The van der Waals surface area contributed by atoms with Gasteiger partial charge in [-0.2, -0.15) is 0 Å². The third-order valence-electron chi connectivity index (χ3n) is 3.19. The zero-order valence-corrected chi connectivity index (χ0v) is 11.4. The monoisotopic (exact) mass is 271 g/mol. The lowest BCUT2D eigenvalue weighted by molar-refractivity contribution is -0.148. The predicted molar refractivity (Wildman–Crippen MR) is 68.4 cm³/mol.